The minimum Gasteiger partial charge on any atom is -0.454 e. The van der Waals surface area contributed by atoms with Gasteiger partial charge in [0.05, 0.1) is 4.91 Å². The second-order valence-electron chi connectivity index (χ2n) is 6.57. The van der Waals surface area contributed by atoms with Crippen molar-refractivity contribution in [3.63, 3.8) is 0 Å². The number of rotatable bonds is 6. The van der Waals surface area contributed by atoms with E-state index in [4.69, 9.17) is 33.3 Å². The van der Waals surface area contributed by atoms with E-state index < -0.39 is 0 Å². The molecule has 1 N–H and O–H groups in total. The summed E-state index contributed by atoms with van der Waals surface area (Å²) < 4.78 is 11.0. The van der Waals surface area contributed by atoms with Crippen LogP contribution in [0.3, 0.4) is 0 Å². The van der Waals surface area contributed by atoms with Gasteiger partial charge in [0.2, 0.25) is 12.7 Å². The fourth-order valence-electron chi connectivity index (χ4n) is 3.02. The average molecular weight is 461 g/mol. The van der Waals surface area contributed by atoms with E-state index in [1.807, 2.05) is 18.2 Å². The molecule has 0 aliphatic carbocycles. The van der Waals surface area contributed by atoms with Crippen molar-refractivity contribution in [2.24, 2.45) is 0 Å². The Bertz CT molecular complexity index is 1060. The Morgan fingerprint density at radius 3 is 2.87 bits per heavy atom. The van der Waals surface area contributed by atoms with Crippen LogP contribution >= 0.6 is 35.6 Å². The molecule has 4 rings (SSSR count). The predicted octanol–water partition coefficient (Wildman–Crippen LogP) is 4.69. The first-order valence-corrected chi connectivity index (χ1v) is 10.8. The monoisotopic (exact) mass is 460 g/mol. The van der Waals surface area contributed by atoms with Crippen molar-refractivity contribution in [2.75, 3.05) is 18.7 Å². The average Bonchev–Trinajstić information content (AvgIpc) is 3.29. The molecule has 0 radical (unpaired) electrons. The summed E-state index contributed by atoms with van der Waals surface area (Å²) in [5.74, 6) is 0.954. The van der Waals surface area contributed by atoms with Gasteiger partial charge in [-0.15, -0.1) is 0 Å². The van der Waals surface area contributed by atoms with Gasteiger partial charge in [0.1, 0.15) is 4.32 Å². The zero-order valence-electron chi connectivity index (χ0n) is 15.7. The van der Waals surface area contributed by atoms with Crippen molar-refractivity contribution in [3.8, 4) is 11.5 Å². The molecule has 0 bridgehead atoms. The zero-order valence-corrected chi connectivity index (χ0v) is 18.1. The van der Waals surface area contributed by atoms with E-state index in [-0.39, 0.29) is 25.0 Å². The third-order valence-corrected chi connectivity index (χ3v) is 6.23. The van der Waals surface area contributed by atoms with Gasteiger partial charge < -0.3 is 14.8 Å². The molecule has 2 aromatic carbocycles. The topological polar surface area (TPSA) is 67.9 Å². The van der Waals surface area contributed by atoms with Crippen LogP contribution in [0.4, 0.5) is 5.69 Å². The van der Waals surface area contributed by atoms with Crippen LogP contribution in [0.1, 0.15) is 18.4 Å². The normalized spacial score (nSPS) is 16.4. The highest BCUT2D eigenvalue weighted by Crippen LogP contribution is 2.35. The van der Waals surface area contributed by atoms with Gasteiger partial charge in [-0.3, -0.25) is 14.5 Å². The maximum Gasteiger partial charge on any atom is 0.266 e. The van der Waals surface area contributed by atoms with Crippen molar-refractivity contribution in [3.05, 3.63) is 58.0 Å². The zero-order chi connectivity index (χ0) is 21.1. The van der Waals surface area contributed by atoms with Crippen molar-refractivity contribution in [2.45, 2.75) is 12.8 Å². The smallest absolute Gasteiger partial charge is 0.266 e. The molecule has 2 aliphatic heterocycles. The number of carbonyl (C=O) groups is 2. The van der Waals surface area contributed by atoms with Gasteiger partial charge in [-0.05, 0) is 36.3 Å². The van der Waals surface area contributed by atoms with E-state index in [2.05, 4.69) is 5.32 Å². The molecule has 9 heteroatoms. The molecule has 1 fully saturated rings. The number of hydrogen-bond acceptors (Lipinski definition) is 6. The molecule has 2 amide bonds. The Labute approximate surface area is 188 Å². The van der Waals surface area contributed by atoms with Gasteiger partial charge in [-0.2, -0.15) is 0 Å². The highest BCUT2D eigenvalue weighted by Gasteiger charge is 2.31. The molecule has 2 aromatic rings. The molecule has 6 nitrogen and oxygen atoms in total. The van der Waals surface area contributed by atoms with E-state index in [1.54, 1.807) is 30.3 Å². The summed E-state index contributed by atoms with van der Waals surface area (Å²) in [7, 11) is 0. The number of benzene rings is 2. The lowest BCUT2D eigenvalue weighted by atomic mass is 10.2. The molecule has 0 saturated carbocycles. The summed E-state index contributed by atoms with van der Waals surface area (Å²) in [4.78, 5) is 27.0. The third kappa shape index (κ3) is 4.61. The Morgan fingerprint density at radius 1 is 1.23 bits per heavy atom. The summed E-state index contributed by atoms with van der Waals surface area (Å²) in [6, 6.07) is 12.5. The minimum absolute atomic E-state index is 0.147. The fraction of sp³-hybridized carbons (Fsp3) is 0.190. The number of thiocarbonyl (C=S) groups is 1. The first-order valence-electron chi connectivity index (χ1n) is 9.20. The Morgan fingerprint density at radius 2 is 2.03 bits per heavy atom. The number of carbonyl (C=O) groups excluding carboxylic acids is 2. The quantitative estimate of drug-likeness (QED) is 0.498. The Hall–Kier alpha value is -2.55. The summed E-state index contributed by atoms with van der Waals surface area (Å²) in [5, 5.41) is 3.40. The van der Waals surface area contributed by atoms with Crippen LogP contribution in [0.5, 0.6) is 11.5 Å². The van der Waals surface area contributed by atoms with Gasteiger partial charge >= 0.3 is 0 Å². The lowest BCUT2D eigenvalue weighted by molar-refractivity contribution is -0.122. The van der Waals surface area contributed by atoms with Gasteiger partial charge in [0.15, 0.2) is 11.5 Å². The van der Waals surface area contributed by atoms with E-state index in [9.17, 15) is 9.59 Å². The highest BCUT2D eigenvalue weighted by molar-refractivity contribution is 8.26. The Kier molecular flexibility index (Phi) is 6.26. The first kappa shape index (κ1) is 20.7. The van der Waals surface area contributed by atoms with E-state index in [0.29, 0.717) is 44.4 Å². The van der Waals surface area contributed by atoms with E-state index in [0.717, 1.165) is 5.56 Å². The van der Waals surface area contributed by atoms with Crippen LogP contribution in [0.25, 0.3) is 6.08 Å². The number of thioether (sulfide) groups is 1. The van der Waals surface area contributed by atoms with Crippen molar-refractivity contribution < 1.29 is 19.1 Å². The summed E-state index contributed by atoms with van der Waals surface area (Å²) in [6.45, 7) is 0.556. The van der Waals surface area contributed by atoms with Gasteiger partial charge in [-0.25, -0.2) is 0 Å². The lowest BCUT2D eigenvalue weighted by Crippen LogP contribution is -2.29. The number of amides is 2. The minimum atomic E-state index is -0.166. The van der Waals surface area contributed by atoms with E-state index in [1.165, 1.54) is 16.7 Å². The molecule has 2 aliphatic rings. The summed E-state index contributed by atoms with van der Waals surface area (Å²) >= 11 is 12.8. The first-order chi connectivity index (χ1) is 14.5. The molecule has 0 spiro atoms. The largest absolute Gasteiger partial charge is 0.454 e. The van der Waals surface area contributed by atoms with Gasteiger partial charge in [0.25, 0.3) is 5.91 Å². The molecule has 0 aromatic heterocycles. The molecule has 1 saturated heterocycles. The number of ether oxygens (including phenoxy) is 2. The number of hydrogen-bond donors (Lipinski definition) is 1. The second kappa shape index (κ2) is 9.07. The number of nitrogens with one attached hydrogen (secondary N) is 1. The lowest BCUT2D eigenvalue weighted by Gasteiger charge is -2.14. The standard InChI is InChI=1S/C21H17ClN2O4S2/c22-15-5-2-1-4-13(15)10-18-20(26)24(21(29)30-18)9-3-6-19(25)23-14-7-8-16-17(11-14)28-12-27-16/h1-2,4-5,7-8,10-11H,3,6,9,12H2,(H,23,25)/b18-10+. The molecule has 0 atom stereocenters. The maximum atomic E-state index is 12.7. The third-order valence-electron chi connectivity index (χ3n) is 4.51. The molecule has 0 unspecified atom stereocenters. The maximum absolute atomic E-state index is 12.7. The van der Waals surface area contributed by atoms with Gasteiger partial charge in [-0.1, -0.05) is 53.8 Å². The summed E-state index contributed by atoms with van der Waals surface area (Å²) in [5.41, 5.74) is 1.40. The van der Waals surface area contributed by atoms with Crippen LogP contribution in [-0.2, 0) is 9.59 Å². The van der Waals surface area contributed by atoms with Crippen LogP contribution < -0.4 is 14.8 Å². The van der Waals surface area contributed by atoms with Crippen LogP contribution in [-0.4, -0.2) is 34.4 Å². The molecule has 154 valence electrons. The molecule has 2 heterocycles. The number of nitrogens with zero attached hydrogens (tertiary/aromatic N) is 1. The van der Waals surface area contributed by atoms with Crippen LogP contribution in [0.15, 0.2) is 47.4 Å². The van der Waals surface area contributed by atoms with Crippen molar-refractivity contribution in [1.82, 2.24) is 4.90 Å². The predicted molar refractivity (Wildman–Crippen MR) is 122 cm³/mol. The number of fused-ring (bicyclic) bond motifs is 1. The molecular weight excluding hydrogens is 444 g/mol. The SMILES string of the molecule is O=C(CCCN1C(=O)/C(=C\c2ccccc2Cl)SC1=S)Nc1ccc2c(c1)OCO2. The van der Waals surface area contributed by atoms with Crippen molar-refractivity contribution in [1.29, 1.82) is 0 Å². The van der Waals surface area contributed by atoms with Crippen molar-refractivity contribution >= 4 is 63.5 Å². The van der Waals surface area contributed by atoms with Crippen LogP contribution in [0, 0.1) is 0 Å². The fourth-order valence-corrected chi connectivity index (χ4v) is 4.51. The number of anilines is 1. The highest BCUT2D eigenvalue weighted by atomic mass is 35.5. The molecule has 30 heavy (non-hydrogen) atoms. The summed E-state index contributed by atoms with van der Waals surface area (Å²) in [6.07, 6.45) is 2.49. The van der Waals surface area contributed by atoms with Crippen LogP contribution in [0.2, 0.25) is 5.02 Å². The van der Waals surface area contributed by atoms with E-state index >= 15 is 0 Å². The molecular formula is C21H17ClN2O4S2. The number of halogens is 1. The van der Waals surface area contributed by atoms with Gasteiger partial charge in [0, 0.05) is 29.7 Å². The Balaban J connectivity index is 1.30. The second-order valence-corrected chi connectivity index (χ2v) is 8.66.